The van der Waals surface area contributed by atoms with Crippen LogP contribution in [0.15, 0.2) is 0 Å². The van der Waals surface area contributed by atoms with E-state index in [4.69, 9.17) is 9.47 Å². The maximum absolute atomic E-state index is 10.6. The summed E-state index contributed by atoms with van der Waals surface area (Å²) in [5.74, 6) is 3.25. The molecule has 0 radical (unpaired) electrons. The highest BCUT2D eigenvalue weighted by Gasteiger charge is 2.35. The first kappa shape index (κ1) is 18.7. The second-order valence-corrected chi connectivity index (χ2v) is 11.9. The van der Waals surface area contributed by atoms with Crippen molar-refractivity contribution in [2.24, 2.45) is 0 Å². The van der Waals surface area contributed by atoms with Crippen LogP contribution < -0.4 is 0 Å². The normalized spacial score (nSPS) is 23.8. The summed E-state index contributed by atoms with van der Waals surface area (Å²) in [5, 5.41) is 10.6. The Balaban J connectivity index is 2.82. The molecule has 4 heteroatoms. The number of hydrogen-bond donors (Lipinski definition) is 1. The van der Waals surface area contributed by atoms with Crippen molar-refractivity contribution in [1.82, 2.24) is 0 Å². The maximum Gasteiger partial charge on any atom is 0.159 e. The quantitative estimate of drug-likeness (QED) is 0.600. The average Bonchev–Trinajstić information content (AvgIpc) is 2.43. The Bertz CT molecular complexity index is 360. The lowest BCUT2D eigenvalue weighted by atomic mass is 9.95. The lowest BCUT2D eigenvalue weighted by molar-refractivity contribution is -0.226. The molecule has 0 spiro atoms. The second kappa shape index (κ2) is 8.33. The van der Waals surface area contributed by atoms with Gasteiger partial charge < -0.3 is 14.6 Å². The Morgan fingerprint density at radius 2 is 2.10 bits per heavy atom. The highest BCUT2D eigenvalue weighted by molar-refractivity contribution is 6.83. The molecular weight excluding hydrogens is 280 g/mol. The summed E-state index contributed by atoms with van der Waals surface area (Å²) < 4.78 is 11.8. The summed E-state index contributed by atoms with van der Waals surface area (Å²) in [6.45, 7) is 11.4. The lowest BCUT2D eigenvalue weighted by Gasteiger charge is -2.35. The van der Waals surface area contributed by atoms with E-state index in [0.29, 0.717) is 0 Å². The van der Waals surface area contributed by atoms with Crippen LogP contribution in [0.3, 0.4) is 0 Å². The molecule has 0 aromatic carbocycles. The number of unbranched alkanes of at least 4 members (excludes halogenated alkanes) is 1. The van der Waals surface area contributed by atoms with Crippen LogP contribution in [0.5, 0.6) is 0 Å². The van der Waals surface area contributed by atoms with E-state index in [2.05, 4.69) is 38.0 Å². The van der Waals surface area contributed by atoms with Crippen molar-refractivity contribution < 1.29 is 14.6 Å². The highest BCUT2D eigenvalue weighted by Crippen LogP contribution is 2.26. The molecule has 1 heterocycles. The van der Waals surface area contributed by atoms with Gasteiger partial charge in [0.1, 0.15) is 8.07 Å². The number of rotatable bonds is 6. The first-order chi connectivity index (χ1) is 9.77. The van der Waals surface area contributed by atoms with E-state index in [1.165, 1.54) is 0 Å². The van der Waals surface area contributed by atoms with Gasteiger partial charge in [0.15, 0.2) is 11.9 Å². The van der Waals surface area contributed by atoms with Gasteiger partial charge in [-0.1, -0.05) is 45.3 Å². The lowest BCUT2D eigenvalue weighted by Crippen LogP contribution is -2.45. The molecular formula is C17H32O3Si. The molecule has 122 valence electrons. The zero-order valence-electron chi connectivity index (χ0n) is 14.4. The third-order valence-electron chi connectivity index (χ3n) is 3.67. The van der Waals surface area contributed by atoms with Gasteiger partial charge in [-0.05, 0) is 32.6 Å². The van der Waals surface area contributed by atoms with E-state index in [-0.39, 0.29) is 6.29 Å². The molecule has 1 rings (SSSR count). The molecule has 0 aromatic rings. The van der Waals surface area contributed by atoms with Crippen LogP contribution >= 0.6 is 0 Å². The van der Waals surface area contributed by atoms with Gasteiger partial charge in [-0.2, -0.15) is 0 Å². The minimum atomic E-state index is -1.50. The van der Waals surface area contributed by atoms with Crippen LogP contribution in [0.4, 0.5) is 0 Å². The number of aliphatic hydroxyl groups is 1. The van der Waals surface area contributed by atoms with E-state index in [1.54, 1.807) is 0 Å². The highest BCUT2D eigenvalue weighted by atomic mass is 28.3. The molecule has 1 N–H and O–H groups in total. The monoisotopic (exact) mass is 312 g/mol. The fourth-order valence-electron chi connectivity index (χ4n) is 2.25. The van der Waals surface area contributed by atoms with Crippen molar-refractivity contribution in [3.8, 4) is 11.5 Å². The van der Waals surface area contributed by atoms with Crippen molar-refractivity contribution in [3.05, 3.63) is 0 Å². The van der Waals surface area contributed by atoms with Gasteiger partial charge in [-0.15, -0.1) is 5.54 Å². The Kier molecular flexibility index (Phi) is 7.42. The molecule has 0 saturated carbocycles. The van der Waals surface area contributed by atoms with E-state index in [9.17, 15) is 5.11 Å². The maximum atomic E-state index is 10.6. The van der Waals surface area contributed by atoms with E-state index in [0.717, 1.165) is 45.1 Å². The van der Waals surface area contributed by atoms with Crippen molar-refractivity contribution in [3.63, 3.8) is 0 Å². The molecule has 3 unspecified atom stereocenters. The Morgan fingerprint density at radius 3 is 2.62 bits per heavy atom. The van der Waals surface area contributed by atoms with Gasteiger partial charge >= 0.3 is 0 Å². The Morgan fingerprint density at radius 1 is 1.38 bits per heavy atom. The van der Waals surface area contributed by atoms with E-state index in [1.807, 2.05) is 6.92 Å². The van der Waals surface area contributed by atoms with Gasteiger partial charge in [-0.25, -0.2) is 0 Å². The molecule has 1 fully saturated rings. The summed E-state index contributed by atoms with van der Waals surface area (Å²) in [6, 6.07) is 0. The predicted molar refractivity (Wildman–Crippen MR) is 89.7 cm³/mol. The van der Waals surface area contributed by atoms with Gasteiger partial charge in [0, 0.05) is 6.61 Å². The largest absolute Gasteiger partial charge is 0.389 e. The SMILES string of the molecule is CCCCC(O)C(C)(C#C[Si](C)(C)C)OC1CCCCO1. The van der Waals surface area contributed by atoms with Crippen LogP contribution in [0.1, 0.15) is 52.4 Å². The first-order valence-electron chi connectivity index (χ1n) is 8.28. The molecule has 0 amide bonds. The molecule has 1 aliphatic heterocycles. The molecule has 3 nitrogen and oxygen atoms in total. The van der Waals surface area contributed by atoms with Crippen molar-refractivity contribution in [2.75, 3.05) is 6.61 Å². The zero-order valence-corrected chi connectivity index (χ0v) is 15.4. The van der Waals surface area contributed by atoms with Crippen LogP contribution in [-0.2, 0) is 9.47 Å². The first-order valence-corrected chi connectivity index (χ1v) is 11.8. The van der Waals surface area contributed by atoms with Gasteiger partial charge in [0.2, 0.25) is 0 Å². The van der Waals surface area contributed by atoms with Crippen molar-refractivity contribution in [2.45, 2.75) is 90.0 Å². The van der Waals surface area contributed by atoms with Crippen LogP contribution in [0.2, 0.25) is 19.6 Å². The van der Waals surface area contributed by atoms with Gasteiger partial charge in [-0.3, -0.25) is 0 Å². The Hall–Kier alpha value is -0.343. The topological polar surface area (TPSA) is 38.7 Å². The minimum Gasteiger partial charge on any atom is -0.389 e. The molecule has 1 saturated heterocycles. The van der Waals surface area contributed by atoms with Gasteiger partial charge in [0.25, 0.3) is 0 Å². The zero-order chi connectivity index (χ0) is 15.9. The van der Waals surface area contributed by atoms with Gasteiger partial charge in [0.05, 0.1) is 6.10 Å². The smallest absolute Gasteiger partial charge is 0.159 e. The summed E-state index contributed by atoms with van der Waals surface area (Å²) in [4.78, 5) is 0. The van der Waals surface area contributed by atoms with E-state index >= 15 is 0 Å². The average molecular weight is 313 g/mol. The molecule has 0 aliphatic carbocycles. The standard InChI is InChI=1S/C17H32O3Si/c1-6-7-10-15(18)17(2,12-14-21(3,4)5)20-16-11-8-9-13-19-16/h15-16,18H,6-11,13H2,1-5H3. The number of hydrogen-bond acceptors (Lipinski definition) is 3. The third kappa shape index (κ3) is 6.97. The summed E-state index contributed by atoms with van der Waals surface area (Å²) >= 11 is 0. The predicted octanol–water partition coefficient (Wildman–Crippen LogP) is 3.72. The summed E-state index contributed by atoms with van der Waals surface area (Å²) in [7, 11) is -1.50. The third-order valence-corrected chi connectivity index (χ3v) is 4.54. The summed E-state index contributed by atoms with van der Waals surface area (Å²) in [5.41, 5.74) is 2.54. The summed E-state index contributed by atoms with van der Waals surface area (Å²) in [6.07, 6.45) is 5.09. The van der Waals surface area contributed by atoms with E-state index < -0.39 is 19.8 Å². The number of aliphatic hydroxyl groups excluding tert-OH is 1. The molecule has 0 aromatic heterocycles. The molecule has 3 atom stereocenters. The van der Waals surface area contributed by atoms with Crippen LogP contribution in [0, 0.1) is 11.5 Å². The van der Waals surface area contributed by atoms with Crippen LogP contribution in [-0.4, -0.2) is 37.8 Å². The molecule has 1 aliphatic rings. The van der Waals surface area contributed by atoms with Crippen molar-refractivity contribution in [1.29, 1.82) is 0 Å². The second-order valence-electron chi connectivity index (χ2n) is 7.18. The van der Waals surface area contributed by atoms with Crippen LogP contribution in [0.25, 0.3) is 0 Å². The fraction of sp³-hybridized carbons (Fsp3) is 0.882. The minimum absolute atomic E-state index is 0.226. The molecule has 21 heavy (non-hydrogen) atoms. The fourth-order valence-corrected chi connectivity index (χ4v) is 2.88. The molecule has 0 bridgehead atoms. The Labute approximate surface area is 131 Å². The number of ether oxygens (including phenoxy) is 2. The van der Waals surface area contributed by atoms with Crippen molar-refractivity contribution >= 4 is 8.07 Å².